The number of benzene rings is 3. The number of para-hydroxylation sites is 1. The summed E-state index contributed by atoms with van der Waals surface area (Å²) < 4.78 is 42.1. The van der Waals surface area contributed by atoms with Gasteiger partial charge in [-0.15, -0.1) is 0 Å². The van der Waals surface area contributed by atoms with Gasteiger partial charge in [-0.05, 0) is 62.0 Å². The van der Waals surface area contributed by atoms with Crippen molar-refractivity contribution < 1.29 is 13.2 Å². The third-order valence-electron chi connectivity index (χ3n) is 7.71. The Morgan fingerprint density at radius 2 is 1.35 bits per heavy atom. The first kappa shape index (κ1) is 23.0. The van der Waals surface area contributed by atoms with E-state index in [-0.39, 0.29) is 18.0 Å². The highest BCUT2D eigenvalue weighted by atomic mass is 19.4. The van der Waals surface area contributed by atoms with Crippen molar-refractivity contribution in [2.45, 2.75) is 43.9 Å². The highest BCUT2D eigenvalue weighted by Crippen LogP contribution is 2.46. The van der Waals surface area contributed by atoms with Crippen molar-refractivity contribution in [3.8, 4) is 0 Å². The average molecular weight is 465 g/mol. The van der Waals surface area contributed by atoms with Gasteiger partial charge < -0.3 is 4.90 Å². The SMILES string of the molecule is CCN(c1ccccc1C(F)(F)F)[C@@H]1C2CCN(CC2)[C@@H]1C(c1ccccc1)c1ccccc1. The molecule has 3 aromatic carbocycles. The van der Waals surface area contributed by atoms with Crippen molar-refractivity contribution in [1.82, 2.24) is 4.90 Å². The predicted octanol–water partition coefficient (Wildman–Crippen LogP) is 6.83. The van der Waals surface area contributed by atoms with Crippen LogP contribution in [0, 0.1) is 5.92 Å². The lowest BCUT2D eigenvalue weighted by Gasteiger charge is -2.57. The topological polar surface area (TPSA) is 6.48 Å². The van der Waals surface area contributed by atoms with E-state index in [1.54, 1.807) is 12.1 Å². The molecule has 0 aromatic heterocycles. The van der Waals surface area contributed by atoms with Crippen LogP contribution in [0.3, 0.4) is 0 Å². The number of likely N-dealkylation sites (N-methyl/N-ethyl adjacent to an activating group) is 1. The molecule has 2 bridgehead atoms. The van der Waals surface area contributed by atoms with Crippen LogP contribution in [-0.2, 0) is 6.18 Å². The zero-order chi connectivity index (χ0) is 23.7. The van der Waals surface area contributed by atoms with Crippen LogP contribution in [0.15, 0.2) is 84.9 Å². The summed E-state index contributed by atoms with van der Waals surface area (Å²) in [5.74, 6) is 0.453. The molecule has 0 N–H and O–H groups in total. The number of fused-ring (bicyclic) bond motifs is 3. The summed E-state index contributed by atoms with van der Waals surface area (Å²) >= 11 is 0. The Morgan fingerprint density at radius 1 is 0.824 bits per heavy atom. The van der Waals surface area contributed by atoms with Crippen molar-refractivity contribution in [3.05, 3.63) is 102 Å². The van der Waals surface area contributed by atoms with E-state index >= 15 is 0 Å². The lowest BCUT2D eigenvalue weighted by atomic mass is 9.69. The van der Waals surface area contributed by atoms with Gasteiger partial charge in [-0.2, -0.15) is 13.2 Å². The fourth-order valence-electron chi connectivity index (χ4n) is 6.31. The molecular weight excluding hydrogens is 433 g/mol. The summed E-state index contributed by atoms with van der Waals surface area (Å²) in [6.07, 6.45) is -2.32. The Labute approximate surface area is 200 Å². The maximum atomic E-state index is 14.0. The van der Waals surface area contributed by atoms with Crippen LogP contribution >= 0.6 is 0 Å². The Hall–Kier alpha value is -2.79. The second-order valence-electron chi connectivity index (χ2n) is 9.45. The number of rotatable bonds is 6. The van der Waals surface area contributed by atoms with Crippen molar-refractivity contribution in [3.63, 3.8) is 0 Å². The molecule has 5 heteroatoms. The second kappa shape index (κ2) is 9.46. The molecule has 3 heterocycles. The van der Waals surface area contributed by atoms with Crippen LogP contribution in [0.1, 0.15) is 42.4 Å². The molecule has 3 aromatic rings. The quantitative estimate of drug-likeness (QED) is 0.395. The zero-order valence-electron chi connectivity index (χ0n) is 19.5. The first-order valence-corrected chi connectivity index (χ1v) is 12.3. The standard InChI is InChI=1S/C29H31F3N2/c1-2-34(25-16-10-9-15-24(25)29(30,31)32)27-23-17-19-33(20-18-23)28(27)26(21-11-5-3-6-12-21)22-13-7-4-8-14-22/h3-16,23,26-28H,2,17-20H2,1H3/t27-,28-/m1/s1. The van der Waals surface area contributed by atoms with E-state index in [2.05, 4.69) is 58.3 Å². The van der Waals surface area contributed by atoms with Gasteiger partial charge in [-0.1, -0.05) is 72.8 Å². The first-order valence-electron chi connectivity index (χ1n) is 12.3. The highest BCUT2D eigenvalue weighted by molar-refractivity contribution is 5.57. The molecule has 0 radical (unpaired) electrons. The van der Waals surface area contributed by atoms with Gasteiger partial charge in [0.2, 0.25) is 0 Å². The number of halogens is 3. The molecule has 0 saturated carbocycles. The van der Waals surface area contributed by atoms with E-state index < -0.39 is 11.7 Å². The van der Waals surface area contributed by atoms with Gasteiger partial charge in [-0.3, -0.25) is 4.90 Å². The third kappa shape index (κ3) is 4.22. The molecule has 0 unspecified atom stereocenters. The molecule has 2 atom stereocenters. The Balaban J connectivity index is 1.65. The Kier molecular flexibility index (Phi) is 6.39. The normalized spacial score (nSPS) is 24.4. The Bertz CT molecular complexity index is 1040. The van der Waals surface area contributed by atoms with Crippen LogP contribution in [0.4, 0.5) is 18.9 Å². The second-order valence-corrected chi connectivity index (χ2v) is 9.45. The van der Waals surface area contributed by atoms with Crippen molar-refractivity contribution in [1.29, 1.82) is 0 Å². The van der Waals surface area contributed by atoms with Crippen LogP contribution in [0.25, 0.3) is 0 Å². The van der Waals surface area contributed by atoms with Gasteiger partial charge in [0.1, 0.15) is 0 Å². The zero-order valence-corrected chi connectivity index (χ0v) is 19.5. The smallest absolute Gasteiger partial charge is 0.366 e. The summed E-state index contributed by atoms with van der Waals surface area (Å²) in [4.78, 5) is 4.59. The molecule has 178 valence electrons. The van der Waals surface area contributed by atoms with E-state index in [0.29, 0.717) is 18.2 Å². The minimum absolute atomic E-state index is 0.00131. The molecule has 0 spiro atoms. The van der Waals surface area contributed by atoms with Gasteiger partial charge in [0, 0.05) is 30.2 Å². The van der Waals surface area contributed by atoms with Crippen LogP contribution < -0.4 is 4.90 Å². The fraction of sp³-hybridized carbons (Fsp3) is 0.379. The number of piperidine rings is 3. The molecule has 3 aliphatic rings. The number of hydrogen-bond acceptors (Lipinski definition) is 2. The summed E-state index contributed by atoms with van der Waals surface area (Å²) in [7, 11) is 0. The number of nitrogens with zero attached hydrogens (tertiary/aromatic N) is 2. The van der Waals surface area contributed by atoms with Gasteiger partial charge >= 0.3 is 6.18 Å². The largest absolute Gasteiger partial charge is 0.418 e. The minimum Gasteiger partial charge on any atom is -0.366 e. The maximum absolute atomic E-state index is 14.0. The highest BCUT2D eigenvalue weighted by Gasteiger charge is 2.49. The number of alkyl halides is 3. The van der Waals surface area contributed by atoms with Crippen LogP contribution in [0.2, 0.25) is 0 Å². The molecule has 3 fully saturated rings. The fourth-order valence-corrected chi connectivity index (χ4v) is 6.31. The van der Waals surface area contributed by atoms with E-state index in [9.17, 15) is 13.2 Å². The number of anilines is 1. The number of hydrogen-bond donors (Lipinski definition) is 0. The summed E-state index contributed by atoms with van der Waals surface area (Å²) in [5.41, 5.74) is 2.21. The van der Waals surface area contributed by atoms with Crippen LogP contribution in [-0.4, -0.2) is 36.6 Å². The molecule has 34 heavy (non-hydrogen) atoms. The van der Waals surface area contributed by atoms with Gasteiger partial charge in [0.05, 0.1) is 5.56 Å². The summed E-state index contributed by atoms with van der Waals surface area (Å²) in [6, 6.07) is 27.2. The molecule has 0 aliphatic carbocycles. The third-order valence-corrected chi connectivity index (χ3v) is 7.71. The van der Waals surface area contributed by atoms with E-state index in [1.807, 2.05) is 19.1 Å². The molecule has 0 amide bonds. The van der Waals surface area contributed by atoms with Crippen molar-refractivity contribution >= 4 is 5.69 Å². The predicted molar refractivity (Wildman–Crippen MR) is 131 cm³/mol. The van der Waals surface area contributed by atoms with Crippen molar-refractivity contribution in [2.75, 3.05) is 24.5 Å². The average Bonchev–Trinajstić information content (AvgIpc) is 2.87. The van der Waals surface area contributed by atoms with Gasteiger partial charge in [0.15, 0.2) is 0 Å². The molecule has 6 rings (SSSR count). The van der Waals surface area contributed by atoms with E-state index in [4.69, 9.17) is 0 Å². The maximum Gasteiger partial charge on any atom is 0.418 e. The Morgan fingerprint density at radius 3 is 1.88 bits per heavy atom. The van der Waals surface area contributed by atoms with Crippen molar-refractivity contribution in [2.24, 2.45) is 5.92 Å². The molecular formula is C29H31F3N2. The lowest BCUT2D eigenvalue weighted by Crippen LogP contribution is -2.65. The molecule has 3 aliphatic heterocycles. The monoisotopic (exact) mass is 464 g/mol. The van der Waals surface area contributed by atoms with E-state index in [1.165, 1.54) is 23.3 Å². The van der Waals surface area contributed by atoms with Gasteiger partial charge in [-0.25, -0.2) is 0 Å². The van der Waals surface area contributed by atoms with Gasteiger partial charge in [0.25, 0.3) is 0 Å². The minimum atomic E-state index is -4.38. The summed E-state index contributed by atoms with van der Waals surface area (Å²) in [5, 5.41) is 0. The van der Waals surface area contributed by atoms with Crippen LogP contribution in [0.5, 0.6) is 0 Å². The molecule has 2 nitrogen and oxygen atoms in total. The first-order chi connectivity index (χ1) is 16.5. The molecule has 3 saturated heterocycles. The lowest BCUT2D eigenvalue weighted by molar-refractivity contribution is -0.137. The summed E-state index contributed by atoms with van der Waals surface area (Å²) in [6.45, 7) is 4.53. The van der Waals surface area contributed by atoms with E-state index in [0.717, 1.165) is 25.9 Å².